The maximum atomic E-state index is 12.5. The lowest BCUT2D eigenvalue weighted by Gasteiger charge is -2.28. The van der Waals surface area contributed by atoms with Gasteiger partial charge < -0.3 is 0 Å². The summed E-state index contributed by atoms with van der Waals surface area (Å²) >= 11 is 5.99. The Morgan fingerprint density at radius 2 is 1.62 bits per heavy atom. The Morgan fingerprint density at radius 1 is 1.14 bits per heavy atom. The van der Waals surface area contributed by atoms with Crippen molar-refractivity contribution >= 4 is 33.0 Å². The van der Waals surface area contributed by atoms with Gasteiger partial charge in [0.1, 0.15) is 4.21 Å². The van der Waals surface area contributed by atoms with Crippen molar-refractivity contribution in [2.24, 2.45) is 5.92 Å². The molecule has 0 amide bonds. The molecule has 0 fully saturated rings. The first-order valence-electron chi connectivity index (χ1n) is 5.16. The van der Waals surface area contributed by atoms with Gasteiger partial charge in [0, 0.05) is 6.04 Å². The van der Waals surface area contributed by atoms with Crippen LogP contribution in [0.3, 0.4) is 0 Å². The molecule has 0 aliphatic heterocycles. The molecule has 0 bridgehead atoms. The molecule has 1 rings (SSSR count). The highest BCUT2D eigenvalue weighted by Gasteiger charge is 2.59. The second-order valence-corrected chi connectivity index (χ2v) is 7.69. The molecule has 0 unspecified atom stereocenters. The Kier molecular flexibility index (Phi) is 5.24. The van der Waals surface area contributed by atoms with Crippen LogP contribution in [0.2, 0.25) is 4.34 Å². The van der Waals surface area contributed by atoms with Crippen LogP contribution in [0.1, 0.15) is 6.92 Å². The van der Waals surface area contributed by atoms with E-state index >= 15 is 0 Å². The number of sulfonamides is 1. The molecule has 122 valence electrons. The van der Waals surface area contributed by atoms with Crippen LogP contribution in [0.25, 0.3) is 0 Å². The van der Waals surface area contributed by atoms with Crippen molar-refractivity contribution in [1.82, 2.24) is 4.72 Å². The van der Waals surface area contributed by atoms with Gasteiger partial charge in [0.2, 0.25) is 10.0 Å². The highest BCUT2D eigenvalue weighted by Crippen LogP contribution is 2.41. The third-order valence-corrected chi connectivity index (χ3v) is 5.64. The van der Waals surface area contributed by atoms with Gasteiger partial charge in [0.05, 0.1) is 4.34 Å². The van der Waals surface area contributed by atoms with Crippen molar-refractivity contribution in [2.45, 2.75) is 29.5 Å². The lowest BCUT2D eigenvalue weighted by atomic mass is 10.0. The van der Waals surface area contributed by atoms with E-state index in [0.29, 0.717) is 18.3 Å². The molecule has 0 aliphatic rings. The van der Waals surface area contributed by atoms with E-state index in [1.165, 1.54) is 4.72 Å². The first-order chi connectivity index (χ1) is 9.25. The standard InChI is InChI=1S/C9H8ClF6NO2S2/c1-4(7(8(11,12)13)9(14,15)16)17-21(18,19)6-3-2-5(10)20-6/h2-4,7,17H,1H3/t4-/m1/s1. The normalized spacial score (nSPS) is 15.5. The van der Waals surface area contributed by atoms with Gasteiger partial charge in [-0.05, 0) is 19.1 Å². The molecule has 1 aromatic heterocycles. The molecule has 0 aliphatic carbocycles. The Labute approximate surface area is 125 Å². The molecular formula is C9H8ClF6NO2S2. The molecular weight excluding hydrogens is 368 g/mol. The van der Waals surface area contributed by atoms with Crippen molar-refractivity contribution in [1.29, 1.82) is 0 Å². The third-order valence-electron chi connectivity index (χ3n) is 2.36. The molecule has 1 aromatic rings. The van der Waals surface area contributed by atoms with Crippen LogP contribution in [0.15, 0.2) is 16.3 Å². The number of rotatable bonds is 4. The predicted octanol–water partition coefficient (Wildman–Crippen LogP) is 3.81. The van der Waals surface area contributed by atoms with Crippen LogP contribution in [-0.2, 0) is 10.0 Å². The SMILES string of the molecule is C[C@@H](NS(=O)(=O)c1ccc(Cl)s1)C(C(F)(F)F)C(F)(F)F. The van der Waals surface area contributed by atoms with Crippen molar-refractivity contribution < 1.29 is 34.8 Å². The van der Waals surface area contributed by atoms with Gasteiger partial charge in [0.15, 0.2) is 5.92 Å². The zero-order chi connectivity index (χ0) is 16.6. The predicted molar refractivity (Wildman–Crippen MR) is 64.7 cm³/mol. The van der Waals surface area contributed by atoms with Gasteiger partial charge in [-0.2, -0.15) is 26.3 Å². The minimum Gasteiger partial charge on any atom is -0.207 e. The summed E-state index contributed by atoms with van der Waals surface area (Å²) in [6.07, 6.45) is -11.3. The lowest BCUT2D eigenvalue weighted by molar-refractivity contribution is -0.289. The molecule has 3 nitrogen and oxygen atoms in total. The zero-order valence-corrected chi connectivity index (χ0v) is 12.5. The van der Waals surface area contributed by atoms with Crippen LogP contribution >= 0.6 is 22.9 Å². The van der Waals surface area contributed by atoms with Gasteiger partial charge in [0.25, 0.3) is 0 Å². The summed E-state index contributed by atoms with van der Waals surface area (Å²) in [5.74, 6) is -3.81. The monoisotopic (exact) mass is 375 g/mol. The van der Waals surface area contributed by atoms with Crippen LogP contribution in [-0.4, -0.2) is 26.8 Å². The molecule has 0 saturated heterocycles. The second-order valence-electron chi connectivity index (χ2n) is 4.03. The summed E-state index contributed by atoms with van der Waals surface area (Å²) in [7, 11) is -4.52. The van der Waals surface area contributed by atoms with Crippen LogP contribution in [0.4, 0.5) is 26.3 Å². The number of hydrogen-bond acceptors (Lipinski definition) is 3. The van der Waals surface area contributed by atoms with Gasteiger partial charge in [-0.25, -0.2) is 13.1 Å². The maximum Gasteiger partial charge on any atom is 0.402 e. The Morgan fingerprint density at radius 3 is 1.95 bits per heavy atom. The summed E-state index contributed by atoms with van der Waals surface area (Å²) < 4.78 is 99.2. The fraction of sp³-hybridized carbons (Fsp3) is 0.556. The molecule has 0 saturated carbocycles. The van der Waals surface area contributed by atoms with Crippen molar-refractivity contribution in [3.63, 3.8) is 0 Å². The van der Waals surface area contributed by atoms with Gasteiger partial charge >= 0.3 is 12.4 Å². The van der Waals surface area contributed by atoms with E-state index in [-0.39, 0.29) is 4.34 Å². The quantitative estimate of drug-likeness (QED) is 0.813. The molecule has 21 heavy (non-hydrogen) atoms. The van der Waals surface area contributed by atoms with E-state index in [4.69, 9.17) is 11.6 Å². The van der Waals surface area contributed by atoms with Crippen molar-refractivity contribution in [2.75, 3.05) is 0 Å². The number of halogens is 7. The summed E-state index contributed by atoms with van der Waals surface area (Å²) in [6, 6.07) is -0.273. The number of thiophene rings is 1. The van der Waals surface area contributed by atoms with Crippen LogP contribution < -0.4 is 4.72 Å². The molecule has 1 N–H and O–H groups in total. The van der Waals surface area contributed by atoms with E-state index in [9.17, 15) is 34.8 Å². The maximum absolute atomic E-state index is 12.5. The average molecular weight is 376 g/mol. The first-order valence-corrected chi connectivity index (χ1v) is 7.84. The van der Waals surface area contributed by atoms with E-state index in [1.54, 1.807) is 0 Å². The highest BCUT2D eigenvalue weighted by molar-refractivity contribution is 7.91. The fourth-order valence-electron chi connectivity index (χ4n) is 1.57. The zero-order valence-electron chi connectivity index (χ0n) is 10.1. The molecule has 12 heteroatoms. The van der Waals surface area contributed by atoms with Crippen molar-refractivity contribution in [3.8, 4) is 0 Å². The second kappa shape index (κ2) is 5.94. The third kappa shape index (κ3) is 4.73. The number of hydrogen-bond donors (Lipinski definition) is 1. The van der Waals surface area contributed by atoms with E-state index in [0.717, 1.165) is 12.1 Å². The molecule has 1 heterocycles. The molecule has 1 atom stereocenters. The first kappa shape index (κ1) is 18.5. The Bertz CT molecular complexity index is 580. The fourth-order valence-corrected chi connectivity index (χ4v) is 4.32. The lowest BCUT2D eigenvalue weighted by Crippen LogP contribution is -2.50. The Hall–Kier alpha value is -0.520. The minimum atomic E-state index is -5.63. The molecule has 0 radical (unpaired) electrons. The smallest absolute Gasteiger partial charge is 0.207 e. The van der Waals surface area contributed by atoms with Crippen LogP contribution in [0, 0.1) is 5.92 Å². The van der Waals surface area contributed by atoms with Gasteiger partial charge in [-0.15, -0.1) is 11.3 Å². The summed E-state index contributed by atoms with van der Waals surface area (Å²) in [5, 5.41) is 0. The van der Waals surface area contributed by atoms with Gasteiger partial charge in [-0.1, -0.05) is 11.6 Å². The van der Waals surface area contributed by atoms with Crippen LogP contribution in [0.5, 0.6) is 0 Å². The van der Waals surface area contributed by atoms with E-state index in [1.807, 2.05) is 0 Å². The topological polar surface area (TPSA) is 46.2 Å². The highest BCUT2D eigenvalue weighted by atomic mass is 35.5. The van der Waals surface area contributed by atoms with Gasteiger partial charge in [-0.3, -0.25) is 0 Å². The van der Waals surface area contributed by atoms with E-state index < -0.39 is 38.5 Å². The molecule has 0 aromatic carbocycles. The van der Waals surface area contributed by atoms with Crippen molar-refractivity contribution in [3.05, 3.63) is 16.5 Å². The summed E-state index contributed by atoms with van der Waals surface area (Å²) in [5.41, 5.74) is 0. The average Bonchev–Trinajstić information content (AvgIpc) is 2.59. The van der Waals surface area contributed by atoms with E-state index in [2.05, 4.69) is 0 Å². The number of nitrogens with one attached hydrogen (secondary N) is 1. The minimum absolute atomic E-state index is 0.0335. The summed E-state index contributed by atoms with van der Waals surface area (Å²) in [4.78, 5) is 0. The molecule has 0 spiro atoms. The Balaban J connectivity index is 3.05. The number of alkyl halides is 6. The largest absolute Gasteiger partial charge is 0.402 e. The summed E-state index contributed by atoms with van der Waals surface area (Å²) in [6.45, 7) is 0.498.